The zero-order valence-corrected chi connectivity index (χ0v) is 9.38. The number of hydrogen-bond acceptors (Lipinski definition) is 3. The van der Waals surface area contributed by atoms with E-state index in [-0.39, 0.29) is 5.54 Å². The van der Waals surface area contributed by atoms with Crippen LogP contribution in [0.15, 0.2) is 18.6 Å². The van der Waals surface area contributed by atoms with Crippen LogP contribution in [0.2, 0.25) is 0 Å². The molecule has 0 spiro atoms. The lowest BCUT2D eigenvalue weighted by Crippen LogP contribution is -2.39. The molecule has 1 rings (SSSR count). The van der Waals surface area contributed by atoms with E-state index >= 15 is 0 Å². The maximum atomic E-state index is 5.97. The summed E-state index contributed by atoms with van der Waals surface area (Å²) in [5, 5.41) is 3.36. The van der Waals surface area contributed by atoms with Crippen molar-refractivity contribution in [2.45, 2.75) is 32.2 Å². The first-order chi connectivity index (χ1) is 6.76. The summed E-state index contributed by atoms with van der Waals surface area (Å²) in [6.45, 7) is 4.25. The molecule has 1 aromatic rings. The van der Waals surface area contributed by atoms with Gasteiger partial charge in [0.1, 0.15) is 12.1 Å². The van der Waals surface area contributed by atoms with Crippen molar-refractivity contribution in [3.63, 3.8) is 0 Å². The van der Waals surface area contributed by atoms with Crippen LogP contribution in [0, 0.1) is 0 Å². The fourth-order valence-electron chi connectivity index (χ4n) is 1.29. The normalized spacial score (nSPS) is 11.4. The molecular formula is C10H16ClN3. The molecule has 0 aliphatic heterocycles. The zero-order chi connectivity index (χ0) is 10.4. The van der Waals surface area contributed by atoms with E-state index in [1.54, 1.807) is 6.20 Å². The Kier molecular flexibility index (Phi) is 4.14. The third kappa shape index (κ3) is 2.58. The highest BCUT2D eigenvalue weighted by Crippen LogP contribution is 2.21. The number of hydrogen-bond donors (Lipinski definition) is 1. The van der Waals surface area contributed by atoms with Crippen molar-refractivity contribution in [3.8, 4) is 0 Å². The summed E-state index contributed by atoms with van der Waals surface area (Å²) >= 11 is 5.97. The average molecular weight is 214 g/mol. The number of halogens is 1. The molecule has 0 aliphatic rings. The Morgan fingerprint density at radius 1 is 1.43 bits per heavy atom. The predicted octanol–water partition coefficient (Wildman–Crippen LogP) is 2.69. The molecule has 0 bridgehead atoms. The minimum atomic E-state index is -0.0457. The van der Waals surface area contributed by atoms with Gasteiger partial charge in [-0.3, -0.25) is 0 Å². The van der Waals surface area contributed by atoms with Crippen LogP contribution in [0.25, 0.3) is 0 Å². The van der Waals surface area contributed by atoms with Gasteiger partial charge in [-0.15, -0.1) is 11.6 Å². The number of anilines is 1. The Labute approximate surface area is 89.9 Å². The summed E-state index contributed by atoms with van der Waals surface area (Å²) in [5.41, 5.74) is -0.0457. The summed E-state index contributed by atoms with van der Waals surface area (Å²) in [5.74, 6) is 1.42. The fraction of sp³-hybridized carbons (Fsp3) is 0.600. The van der Waals surface area contributed by atoms with E-state index in [0.717, 1.165) is 18.7 Å². The largest absolute Gasteiger partial charge is 0.363 e. The quantitative estimate of drug-likeness (QED) is 0.765. The van der Waals surface area contributed by atoms with Crippen molar-refractivity contribution in [1.29, 1.82) is 0 Å². The summed E-state index contributed by atoms with van der Waals surface area (Å²) in [7, 11) is 0. The molecule has 0 radical (unpaired) electrons. The highest BCUT2D eigenvalue weighted by atomic mass is 35.5. The van der Waals surface area contributed by atoms with Gasteiger partial charge >= 0.3 is 0 Å². The van der Waals surface area contributed by atoms with Gasteiger partial charge in [0, 0.05) is 12.1 Å². The number of aromatic nitrogens is 2. The molecule has 0 fully saturated rings. The van der Waals surface area contributed by atoms with Crippen molar-refractivity contribution in [3.05, 3.63) is 18.6 Å². The third-order valence-electron chi connectivity index (χ3n) is 2.58. The van der Waals surface area contributed by atoms with Gasteiger partial charge in [-0.2, -0.15) is 0 Å². The van der Waals surface area contributed by atoms with Crippen LogP contribution in [0.1, 0.15) is 26.7 Å². The van der Waals surface area contributed by atoms with Crippen LogP contribution in [0.4, 0.5) is 5.82 Å². The fourth-order valence-corrected chi connectivity index (χ4v) is 1.73. The van der Waals surface area contributed by atoms with Crippen molar-refractivity contribution in [2.75, 3.05) is 11.2 Å². The highest BCUT2D eigenvalue weighted by Gasteiger charge is 2.24. The van der Waals surface area contributed by atoms with Crippen molar-refractivity contribution >= 4 is 17.4 Å². The minimum absolute atomic E-state index is 0.0457. The summed E-state index contributed by atoms with van der Waals surface area (Å²) in [4.78, 5) is 8.00. The molecule has 0 saturated heterocycles. The first-order valence-corrected chi connectivity index (χ1v) is 5.40. The van der Waals surface area contributed by atoms with Crippen LogP contribution in [-0.2, 0) is 0 Å². The lowest BCUT2D eigenvalue weighted by molar-refractivity contribution is 0.482. The summed E-state index contributed by atoms with van der Waals surface area (Å²) in [6.07, 6.45) is 5.22. The molecule has 14 heavy (non-hydrogen) atoms. The average Bonchev–Trinajstić information content (AvgIpc) is 2.28. The third-order valence-corrected chi connectivity index (χ3v) is 3.10. The number of rotatable bonds is 5. The summed E-state index contributed by atoms with van der Waals surface area (Å²) < 4.78 is 0. The van der Waals surface area contributed by atoms with Gasteiger partial charge in [0.2, 0.25) is 0 Å². The minimum Gasteiger partial charge on any atom is -0.363 e. The molecule has 0 saturated carbocycles. The van der Waals surface area contributed by atoms with Gasteiger partial charge in [0.05, 0.1) is 5.54 Å². The molecule has 78 valence electrons. The van der Waals surface area contributed by atoms with Crippen LogP contribution >= 0.6 is 11.6 Å². The van der Waals surface area contributed by atoms with E-state index < -0.39 is 0 Å². The van der Waals surface area contributed by atoms with Gasteiger partial charge in [-0.1, -0.05) is 13.8 Å². The van der Waals surface area contributed by atoms with E-state index in [4.69, 9.17) is 11.6 Å². The van der Waals surface area contributed by atoms with Crippen molar-refractivity contribution in [2.24, 2.45) is 0 Å². The van der Waals surface area contributed by atoms with E-state index in [2.05, 4.69) is 29.1 Å². The van der Waals surface area contributed by atoms with E-state index in [9.17, 15) is 0 Å². The Bertz CT molecular complexity index is 251. The van der Waals surface area contributed by atoms with Gasteiger partial charge in [-0.05, 0) is 18.9 Å². The highest BCUT2D eigenvalue weighted by molar-refractivity contribution is 6.18. The van der Waals surface area contributed by atoms with Crippen molar-refractivity contribution in [1.82, 2.24) is 9.97 Å². The molecular weight excluding hydrogens is 198 g/mol. The maximum Gasteiger partial charge on any atom is 0.129 e. The molecule has 4 heteroatoms. The second-order valence-corrected chi connectivity index (χ2v) is 3.61. The van der Waals surface area contributed by atoms with Crippen LogP contribution in [0.5, 0.6) is 0 Å². The Morgan fingerprint density at radius 3 is 2.57 bits per heavy atom. The monoisotopic (exact) mass is 213 g/mol. The molecule has 0 aromatic carbocycles. The molecule has 1 N–H and O–H groups in total. The van der Waals surface area contributed by atoms with Gasteiger partial charge in [-0.25, -0.2) is 9.97 Å². The van der Waals surface area contributed by atoms with E-state index in [0.29, 0.717) is 5.88 Å². The first kappa shape index (κ1) is 11.2. The lowest BCUT2D eigenvalue weighted by atomic mass is 9.95. The number of alkyl halides is 1. The van der Waals surface area contributed by atoms with Crippen LogP contribution < -0.4 is 5.32 Å². The zero-order valence-electron chi connectivity index (χ0n) is 8.63. The topological polar surface area (TPSA) is 37.8 Å². The molecule has 0 atom stereocenters. The molecule has 0 aliphatic carbocycles. The molecule has 0 amide bonds. The Hall–Kier alpha value is -0.830. The molecule has 3 nitrogen and oxygen atoms in total. The first-order valence-electron chi connectivity index (χ1n) is 4.86. The van der Waals surface area contributed by atoms with E-state index in [1.165, 1.54) is 6.33 Å². The van der Waals surface area contributed by atoms with Gasteiger partial charge < -0.3 is 5.32 Å². The lowest BCUT2D eigenvalue weighted by Gasteiger charge is -2.31. The maximum absolute atomic E-state index is 5.97. The summed E-state index contributed by atoms with van der Waals surface area (Å²) in [6, 6.07) is 1.85. The second-order valence-electron chi connectivity index (χ2n) is 3.34. The van der Waals surface area contributed by atoms with Gasteiger partial charge in [0.15, 0.2) is 0 Å². The van der Waals surface area contributed by atoms with Crippen LogP contribution in [-0.4, -0.2) is 21.4 Å². The standard InChI is InChI=1S/C10H16ClN3/c1-3-10(4-2,7-11)14-9-5-6-12-8-13-9/h5-6,8H,3-4,7H2,1-2H3,(H,12,13,14). The second kappa shape index (κ2) is 5.15. The number of nitrogens with zero attached hydrogens (tertiary/aromatic N) is 2. The Morgan fingerprint density at radius 2 is 2.14 bits per heavy atom. The molecule has 0 unspecified atom stereocenters. The molecule has 1 aromatic heterocycles. The number of nitrogens with one attached hydrogen (secondary N) is 1. The smallest absolute Gasteiger partial charge is 0.129 e. The SMILES string of the molecule is CCC(CC)(CCl)Nc1ccncn1. The molecule has 1 heterocycles. The van der Waals surface area contributed by atoms with Crippen LogP contribution in [0.3, 0.4) is 0 Å². The van der Waals surface area contributed by atoms with E-state index in [1.807, 2.05) is 6.07 Å². The van der Waals surface area contributed by atoms with Gasteiger partial charge in [0.25, 0.3) is 0 Å². The Balaban J connectivity index is 2.74. The van der Waals surface area contributed by atoms with Crippen molar-refractivity contribution < 1.29 is 0 Å². The predicted molar refractivity (Wildman–Crippen MR) is 59.7 cm³/mol.